The molecular formula is C13H19NO. The molecule has 0 heterocycles. The van der Waals surface area contributed by atoms with Crippen molar-refractivity contribution < 1.29 is 5.11 Å². The molecule has 0 radical (unpaired) electrons. The minimum absolute atomic E-state index is 0.331. The summed E-state index contributed by atoms with van der Waals surface area (Å²) in [5.74, 6) is 1.22. The standard InChI is InChI=1S/C13H19NO/c1-10-2-4-11(5-3-10)14-12-6-8-13(15)9-7-12/h6-11,14-15H,2-5H2,1H3. The highest BCUT2D eigenvalue weighted by Crippen LogP contribution is 2.26. The molecule has 2 N–H and O–H groups in total. The number of phenolic OH excluding ortho intramolecular Hbond substituents is 1. The van der Waals surface area contributed by atoms with Crippen molar-refractivity contribution >= 4 is 5.69 Å². The maximum absolute atomic E-state index is 9.17. The maximum Gasteiger partial charge on any atom is 0.115 e. The first-order chi connectivity index (χ1) is 7.24. The molecule has 0 spiro atoms. The molecule has 1 aromatic carbocycles. The number of phenols is 1. The number of anilines is 1. The molecule has 0 aliphatic heterocycles. The van der Waals surface area contributed by atoms with Gasteiger partial charge in [0.15, 0.2) is 0 Å². The summed E-state index contributed by atoms with van der Waals surface area (Å²) in [7, 11) is 0. The Morgan fingerprint density at radius 2 is 1.67 bits per heavy atom. The molecule has 15 heavy (non-hydrogen) atoms. The Kier molecular flexibility index (Phi) is 3.14. The van der Waals surface area contributed by atoms with Crippen molar-refractivity contribution in [3.05, 3.63) is 24.3 Å². The molecule has 2 nitrogen and oxygen atoms in total. The van der Waals surface area contributed by atoms with Gasteiger partial charge in [0.25, 0.3) is 0 Å². The van der Waals surface area contributed by atoms with Gasteiger partial charge in [-0.1, -0.05) is 6.92 Å². The number of hydrogen-bond donors (Lipinski definition) is 2. The lowest BCUT2D eigenvalue weighted by Crippen LogP contribution is -2.25. The second-order valence-electron chi connectivity index (χ2n) is 4.65. The van der Waals surface area contributed by atoms with Gasteiger partial charge in [-0.05, 0) is 55.9 Å². The molecule has 0 bridgehead atoms. The van der Waals surface area contributed by atoms with Gasteiger partial charge in [-0.3, -0.25) is 0 Å². The van der Waals surface area contributed by atoms with Crippen molar-refractivity contribution in [3.8, 4) is 5.75 Å². The van der Waals surface area contributed by atoms with Crippen LogP contribution < -0.4 is 5.32 Å². The predicted octanol–water partition coefficient (Wildman–Crippen LogP) is 3.38. The zero-order valence-corrected chi connectivity index (χ0v) is 9.24. The van der Waals surface area contributed by atoms with Gasteiger partial charge in [0.1, 0.15) is 5.75 Å². The Hall–Kier alpha value is -1.18. The third-order valence-electron chi connectivity index (χ3n) is 3.25. The largest absolute Gasteiger partial charge is 0.508 e. The average molecular weight is 205 g/mol. The molecule has 1 saturated carbocycles. The normalized spacial score (nSPS) is 26.2. The number of hydrogen-bond acceptors (Lipinski definition) is 2. The third kappa shape index (κ3) is 2.88. The quantitative estimate of drug-likeness (QED) is 0.725. The Balaban J connectivity index is 1.89. The second-order valence-corrected chi connectivity index (χ2v) is 4.65. The monoisotopic (exact) mass is 205 g/mol. The SMILES string of the molecule is CC1CCC(Nc2ccc(O)cc2)CC1. The van der Waals surface area contributed by atoms with Crippen LogP contribution in [0.5, 0.6) is 5.75 Å². The highest BCUT2D eigenvalue weighted by molar-refractivity contribution is 5.46. The number of nitrogens with one attached hydrogen (secondary N) is 1. The van der Waals surface area contributed by atoms with Crippen molar-refractivity contribution in [2.75, 3.05) is 5.32 Å². The molecule has 0 unspecified atom stereocenters. The van der Waals surface area contributed by atoms with Crippen LogP contribution in [0.3, 0.4) is 0 Å². The molecule has 2 rings (SSSR count). The fourth-order valence-corrected chi connectivity index (χ4v) is 2.20. The molecule has 82 valence electrons. The molecule has 1 aliphatic carbocycles. The van der Waals surface area contributed by atoms with Crippen LogP contribution in [0, 0.1) is 5.92 Å². The summed E-state index contributed by atoms with van der Waals surface area (Å²) in [6, 6.07) is 7.95. The van der Waals surface area contributed by atoms with E-state index in [1.807, 2.05) is 12.1 Å². The Labute approximate surface area is 91.3 Å². The summed E-state index contributed by atoms with van der Waals surface area (Å²) in [5, 5.41) is 12.7. The van der Waals surface area contributed by atoms with Crippen LogP contribution in [0.1, 0.15) is 32.6 Å². The Morgan fingerprint density at radius 3 is 2.27 bits per heavy atom. The van der Waals surface area contributed by atoms with Crippen LogP contribution in [-0.2, 0) is 0 Å². The highest BCUT2D eigenvalue weighted by atomic mass is 16.3. The minimum Gasteiger partial charge on any atom is -0.508 e. The lowest BCUT2D eigenvalue weighted by atomic mass is 9.87. The first-order valence-electron chi connectivity index (χ1n) is 5.79. The lowest BCUT2D eigenvalue weighted by molar-refractivity contribution is 0.361. The van der Waals surface area contributed by atoms with Crippen molar-refractivity contribution in [2.24, 2.45) is 5.92 Å². The Morgan fingerprint density at radius 1 is 1.07 bits per heavy atom. The molecule has 1 aromatic rings. The van der Waals surface area contributed by atoms with Gasteiger partial charge in [0, 0.05) is 11.7 Å². The fourth-order valence-electron chi connectivity index (χ4n) is 2.20. The number of rotatable bonds is 2. The van der Waals surface area contributed by atoms with Gasteiger partial charge >= 0.3 is 0 Å². The first kappa shape index (κ1) is 10.3. The molecule has 0 amide bonds. The zero-order chi connectivity index (χ0) is 10.7. The topological polar surface area (TPSA) is 32.3 Å². The number of aromatic hydroxyl groups is 1. The molecule has 0 saturated heterocycles. The molecule has 0 aromatic heterocycles. The van der Waals surface area contributed by atoms with Crippen molar-refractivity contribution in [1.29, 1.82) is 0 Å². The molecule has 0 atom stereocenters. The molecule has 2 heteroatoms. The van der Waals surface area contributed by atoms with Crippen LogP contribution >= 0.6 is 0 Å². The van der Waals surface area contributed by atoms with E-state index in [4.69, 9.17) is 5.11 Å². The van der Waals surface area contributed by atoms with E-state index in [0.717, 1.165) is 11.6 Å². The first-order valence-corrected chi connectivity index (χ1v) is 5.79. The van der Waals surface area contributed by atoms with E-state index in [2.05, 4.69) is 12.2 Å². The predicted molar refractivity (Wildman–Crippen MR) is 63.1 cm³/mol. The van der Waals surface area contributed by atoms with Gasteiger partial charge in [-0.25, -0.2) is 0 Å². The van der Waals surface area contributed by atoms with E-state index in [9.17, 15) is 0 Å². The van der Waals surface area contributed by atoms with Gasteiger partial charge in [-0.15, -0.1) is 0 Å². The summed E-state index contributed by atoms with van der Waals surface area (Å²) >= 11 is 0. The molecule has 1 aliphatic rings. The van der Waals surface area contributed by atoms with Crippen molar-refractivity contribution in [3.63, 3.8) is 0 Å². The van der Waals surface area contributed by atoms with Gasteiger partial charge in [0.2, 0.25) is 0 Å². The van der Waals surface area contributed by atoms with Crippen LogP contribution in [0.25, 0.3) is 0 Å². The smallest absolute Gasteiger partial charge is 0.115 e. The summed E-state index contributed by atoms with van der Waals surface area (Å²) < 4.78 is 0. The average Bonchev–Trinajstić information content (AvgIpc) is 2.25. The van der Waals surface area contributed by atoms with E-state index < -0.39 is 0 Å². The van der Waals surface area contributed by atoms with Gasteiger partial charge in [0.05, 0.1) is 0 Å². The molecular weight excluding hydrogens is 186 g/mol. The van der Waals surface area contributed by atoms with Crippen LogP contribution in [-0.4, -0.2) is 11.1 Å². The summed E-state index contributed by atoms with van der Waals surface area (Å²) in [5.41, 5.74) is 1.12. The number of benzene rings is 1. The highest BCUT2D eigenvalue weighted by Gasteiger charge is 2.17. The molecule has 1 fully saturated rings. The van der Waals surface area contributed by atoms with Crippen molar-refractivity contribution in [2.45, 2.75) is 38.6 Å². The minimum atomic E-state index is 0.331. The second kappa shape index (κ2) is 4.56. The fraction of sp³-hybridized carbons (Fsp3) is 0.538. The Bertz CT molecular complexity index is 299. The maximum atomic E-state index is 9.17. The van der Waals surface area contributed by atoms with Crippen LogP contribution in [0.4, 0.5) is 5.69 Å². The van der Waals surface area contributed by atoms with Crippen LogP contribution in [0.15, 0.2) is 24.3 Å². The van der Waals surface area contributed by atoms with E-state index in [0.29, 0.717) is 11.8 Å². The zero-order valence-electron chi connectivity index (χ0n) is 9.24. The van der Waals surface area contributed by atoms with Crippen molar-refractivity contribution in [1.82, 2.24) is 0 Å². The van der Waals surface area contributed by atoms with E-state index >= 15 is 0 Å². The summed E-state index contributed by atoms with van der Waals surface area (Å²) in [4.78, 5) is 0. The van der Waals surface area contributed by atoms with Gasteiger partial charge < -0.3 is 10.4 Å². The van der Waals surface area contributed by atoms with Crippen LogP contribution in [0.2, 0.25) is 0 Å². The van der Waals surface area contributed by atoms with Gasteiger partial charge in [-0.2, -0.15) is 0 Å². The van der Waals surface area contributed by atoms with E-state index in [1.165, 1.54) is 25.7 Å². The summed E-state index contributed by atoms with van der Waals surface area (Å²) in [6.07, 6.45) is 5.19. The van der Waals surface area contributed by atoms with E-state index in [-0.39, 0.29) is 0 Å². The lowest BCUT2D eigenvalue weighted by Gasteiger charge is -2.27. The van der Waals surface area contributed by atoms with E-state index in [1.54, 1.807) is 12.1 Å². The summed E-state index contributed by atoms with van der Waals surface area (Å²) in [6.45, 7) is 2.33. The third-order valence-corrected chi connectivity index (χ3v) is 3.25.